The second-order valence-electron chi connectivity index (χ2n) is 4.74. The molecule has 104 valence electrons. The number of hydrogen-bond acceptors (Lipinski definition) is 3. The van der Waals surface area contributed by atoms with Crippen molar-refractivity contribution in [3.05, 3.63) is 29.8 Å². The Hall–Kier alpha value is -1.84. The highest BCUT2D eigenvalue weighted by Crippen LogP contribution is 2.10. The molecular weight excluding hydrogens is 238 g/mol. The predicted molar refractivity (Wildman–Crippen MR) is 80.6 cm³/mol. The number of rotatable bonds is 7. The fourth-order valence-corrected chi connectivity index (χ4v) is 1.63. The van der Waals surface area contributed by atoms with Crippen molar-refractivity contribution in [3.63, 3.8) is 0 Å². The molecule has 0 radical (unpaired) electrons. The van der Waals surface area contributed by atoms with Crippen molar-refractivity contribution in [2.75, 3.05) is 19.0 Å². The molecule has 1 aromatic carbocycles. The number of hydrogen-bond donors (Lipinski definition) is 1. The quantitative estimate of drug-likeness (QED) is 0.466. The number of unbranched alkanes of at least 4 members (excludes halogenated alkanes) is 2. The highest BCUT2D eigenvalue weighted by atomic mass is 16.2. The molecule has 1 rings (SSSR count). The van der Waals surface area contributed by atoms with Gasteiger partial charge in [0.1, 0.15) is 0 Å². The summed E-state index contributed by atoms with van der Waals surface area (Å²) >= 11 is 0. The molecular formula is C15H23N3O. The van der Waals surface area contributed by atoms with E-state index in [0.717, 1.165) is 30.5 Å². The lowest BCUT2D eigenvalue weighted by molar-refractivity contribution is -0.121. The van der Waals surface area contributed by atoms with Gasteiger partial charge in [-0.1, -0.05) is 31.9 Å². The van der Waals surface area contributed by atoms with Crippen LogP contribution >= 0.6 is 0 Å². The van der Waals surface area contributed by atoms with Gasteiger partial charge in [-0.3, -0.25) is 4.79 Å². The zero-order valence-corrected chi connectivity index (χ0v) is 12.0. The van der Waals surface area contributed by atoms with Crippen LogP contribution in [0.25, 0.3) is 0 Å². The first-order valence-electron chi connectivity index (χ1n) is 6.72. The van der Waals surface area contributed by atoms with Gasteiger partial charge in [0.2, 0.25) is 5.91 Å². The van der Waals surface area contributed by atoms with Gasteiger partial charge in [-0.25, -0.2) is 5.43 Å². The lowest BCUT2D eigenvalue weighted by atomic mass is 10.2. The number of carbonyl (C=O) groups excluding carboxylic acids is 1. The van der Waals surface area contributed by atoms with Crippen molar-refractivity contribution < 1.29 is 4.79 Å². The Morgan fingerprint density at radius 3 is 2.53 bits per heavy atom. The van der Waals surface area contributed by atoms with Crippen molar-refractivity contribution >= 4 is 17.8 Å². The van der Waals surface area contributed by atoms with Crippen molar-refractivity contribution in [1.82, 2.24) is 5.43 Å². The molecule has 0 saturated carbocycles. The molecule has 0 aliphatic heterocycles. The number of benzene rings is 1. The van der Waals surface area contributed by atoms with E-state index >= 15 is 0 Å². The minimum atomic E-state index is -0.0189. The van der Waals surface area contributed by atoms with Gasteiger partial charge in [-0.2, -0.15) is 5.10 Å². The minimum Gasteiger partial charge on any atom is -0.378 e. The van der Waals surface area contributed by atoms with E-state index in [2.05, 4.69) is 17.5 Å². The van der Waals surface area contributed by atoms with Gasteiger partial charge >= 0.3 is 0 Å². The first-order chi connectivity index (χ1) is 9.13. The Labute approximate surface area is 115 Å². The van der Waals surface area contributed by atoms with Crippen LogP contribution in [-0.2, 0) is 4.79 Å². The number of amides is 1. The monoisotopic (exact) mass is 261 g/mol. The summed E-state index contributed by atoms with van der Waals surface area (Å²) < 4.78 is 0. The second-order valence-corrected chi connectivity index (χ2v) is 4.74. The van der Waals surface area contributed by atoms with Gasteiger partial charge in [-0.05, 0) is 24.1 Å². The topological polar surface area (TPSA) is 44.7 Å². The summed E-state index contributed by atoms with van der Waals surface area (Å²) in [4.78, 5) is 13.5. The lowest BCUT2D eigenvalue weighted by Gasteiger charge is -2.11. The van der Waals surface area contributed by atoms with E-state index in [-0.39, 0.29) is 5.91 Å². The minimum absolute atomic E-state index is 0.0189. The van der Waals surface area contributed by atoms with Gasteiger partial charge in [-0.15, -0.1) is 0 Å². The maximum absolute atomic E-state index is 11.4. The van der Waals surface area contributed by atoms with Crippen LogP contribution in [0.3, 0.4) is 0 Å². The third-order valence-corrected chi connectivity index (χ3v) is 2.82. The Morgan fingerprint density at radius 2 is 1.95 bits per heavy atom. The molecule has 0 atom stereocenters. The summed E-state index contributed by atoms with van der Waals surface area (Å²) in [5, 5.41) is 3.96. The molecule has 0 heterocycles. The molecule has 0 aliphatic rings. The summed E-state index contributed by atoms with van der Waals surface area (Å²) in [6.45, 7) is 2.12. The third-order valence-electron chi connectivity index (χ3n) is 2.82. The molecule has 1 aromatic rings. The van der Waals surface area contributed by atoms with Crippen molar-refractivity contribution in [2.45, 2.75) is 32.6 Å². The lowest BCUT2D eigenvalue weighted by Crippen LogP contribution is -2.16. The van der Waals surface area contributed by atoms with Crippen molar-refractivity contribution in [3.8, 4) is 0 Å². The Bertz CT molecular complexity index is 410. The fraction of sp³-hybridized carbons (Fsp3) is 0.467. The largest absolute Gasteiger partial charge is 0.378 e. The van der Waals surface area contributed by atoms with Crippen LogP contribution in [0.15, 0.2) is 29.4 Å². The van der Waals surface area contributed by atoms with Crippen molar-refractivity contribution in [2.24, 2.45) is 5.10 Å². The maximum Gasteiger partial charge on any atom is 0.240 e. The van der Waals surface area contributed by atoms with Crippen LogP contribution in [0, 0.1) is 0 Å². The fourth-order valence-electron chi connectivity index (χ4n) is 1.63. The summed E-state index contributed by atoms with van der Waals surface area (Å²) in [6, 6.07) is 7.99. The number of anilines is 1. The van der Waals surface area contributed by atoms with E-state index in [1.807, 2.05) is 43.3 Å². The molecule has 4 heteroatoms. The zero-order valence-electron chi connectivity index (χ0n) is 12.0. The smallest absolute Gasteiger partial charge is 0.240 e. The zero-order chi connectivity index (χ0) is 14.1. The van der Waals surface area contributed by atoms with Crippen LogP contribution in [0.1, 0.15) is 38.2 Å². The molecule has 19 heavy (non-hydrogen) atoms. The Balaban J connectivity index is 2.37. The third kappa shape index (κ3) is 6.04. The predicted octanol–water partition coefficient (Wildman–Crippen LogP) is 2.78. The van der Waals surface area contributed by atoms with Crippen LogP contribution in [0.4, 0.5) is 5.69 Å². The molecule has 0 unspecified atom stereocenters. The summed E-state index contributed by atoms with van der Waals surface area (Å²) in [7, 11) is 4.00. The first kappa shape index (κ1) is 15.2. The highest BCUT2D eigenvalue weighted by Gasteiger charge is 1.98. The van der Waals surface area contributed by atoms with Gasteiger partial charge in [0.15, 0.2) is 0 Å². The molecule has 0 aliphatic carbocycles. The van der Waals surface area contributed by atoms with E-state index in [4.69, 9.17) is 0 Å². The van der Waals surface area contributed by atoms with Crippen LogP contribution in [0.2, 0.25) is 0 Å². The maximum atomic E-state index is 11.4. The molecule has 0 aromatic heterocycles. The first-order valence-corrected chi connectivity index (χ1v) is 6.72. The van der Waals surface area contributed by atoms with Gasteiger partial charge in [0, 0.05) is 26.2 Å². The van der Waals surface area contributed by atoms with Crippen LogP contribution < -0.4 is 10.3 Å². The van der Waals surface area contributed by atoms with Crippen LogP contribution in [-0.4, -0.2) is 26.2 Å². The molecule has 1 amide bonds. The number of nitrogens with zero attached hydrogens (tertiary/aromatic N) is 2. The normalized spacial score (nSPS) is 10.7. The number of carbonyl (C=O) groups is 1. The average molecular weight is 261 g/mol. The number of hydrazone groups is 1. The average Bonchev–Trinajstić information content (AvgIpc) is 2.39. The van der Waals surface area contributed by atoms with Gasteiger partial charge in [0.25, 0.3) is 0 Å². The molecule has 4 nitrogen and oxygen atoms in total. The standard InChI is InChI=1S/C15H23N3O/c1-4-5-6-7-15(19)17-16-12-13-8-10-14(11-9-13)18(2)3/h8-12H,4-7H2,1-3H3,(H,17,19)/b16-12-. The molecule has 0 saturated heterocycles. The Morgan fingerprint density at radius 1 is 1.26 bits per heavy atom. The van der Waals surface area contributed by atoms with E-state index in [1.165, 1.54) is 0 Å². The van der Waals surface area contributed by atoms with E-state index in [0.29, 0.717) is 6.42 Å². The van der Waals surface area contributed by atoms with E-state index in [1.54, 1.807) is 6.21 Å². The number of nitrogens with one attached hydrogen (secondary N) is 1. The molecule has 0 fully saturated rings. The SMILES string of the molecule is CCCCCC(=O)N/N=C\c1ccc(N(C)C)cc1. The summed E-state index contributed by atoms with van der Waals surface area (Å²) in [6.07, 6.45) is 5.34. The summed E-state index contributed by atoms with van der Waals surface area (Å²) in [5.41, 5.74) is 4.66. The second kappa shape index (κ2) is 8.29. The summed E-state index contributed by atoms with van der Waals surface area (Å²) in [5.74, 6) is -0.0189. The van der Waals surface area contributed by atoms with Crippen molar-refractivity contribution in [1.29, 1.82) is 0 Å². The molecule has 1 N–H and O–H groups in total. The van der Waals surface area contributed by atoms with Crippen LogP contribution in [0.5, 0.6) is 0 Å². The molecule has 0 bridgehead atoms. The van der Waals surface area contributed by atoms with Gasteiger partial charge < -0.3 is 4.90 Å². The Kier molecular flexibility index (Phi) is 6.64. The highest BCUT2D eigenvalue weighted by molar-refractivity contribution is 5.82. The molecule has 0 spiro atoms. The van der Waals surface area contributed by atoms with E-state index in [9.17, 15) is 4.79 Å². The van der Waals surface area contributed by atoms with Gasteiger partial charge in [0.05, 0.1) is 6.21 Å². The van der Waals surface area contributed by atoms with E-state index < -0.39 is 0 Å².